The Hall–Kier alpha value is -0.240. The number of carbonyl (C=O) groups excluding carboxylic acids is 1. The summed E-state index contributed by atoms with van der Waals surface area (Å²) < 4.78 is 0. The van der Waals surface area contributed by atoms with Gasteiger partial charge >= 0.3 is 0 Å². The van der Waals surface area contributed by atoms with Gasteiger partial charge in [-0.2, -0.15) is 0 Å². The lowest BCUT2D eigenvalue weighted by Crippen LogP contribution is -2.43. The molecule has 0 unspecified atom stereocenters. The molecule has 0 saturated heterocycles. The molecule has 2 aliphatic rings. The van der Waals surface area contributed by atoms with E-state index in [0.717, 1.165) is 19.4 Å². The monoisotopic (exact) mass is 285 g/mol. The Morgan fingerprint density at radius 2 is 1.42 bits per heavy atom. The third-order valence-corrected chi connectivity index (χ3v) is 5.00. The van der Waals surface area contributed by atoms with E-state index in [0.29, 0.717) is 17.8 Å². The number of nitrogens with zero attached hydrogens (tertiary/aromatic N) is 1. The minimum absolute atomic E-state index is 0.282. The summed E-state index contributed by atoms with van der Waals surface area (Å²) in [6.45, 7) is 0.752. The Balaban J connectivity index is 1.95. The molecule has 1 amide bonds. The molecule has 0 atom stereocenters. The smallest absolute Gasteiger partial charge is 0.225 e. The Labute approximate surface area is 122 Å². The highest BCUT2D eigenvalue weighted by Gasteiger charge is 2.30. The van der Waals surface area contributed by atoms with Crippen LogP contribution in [0.2, 0.25) is 0 Å². The summed E-state index contributed by atoms with van der Waals surface area (Å²) >= 11 is 5.92. The first-order valence-corrected chi connectivity index (χ1v) is 8.73. The third-order valence-electron chi connectivity index (χ3n) is 4.83. The zero-order valence-corrected chi connectivity index (χ0v) is 12.8. The number of rotatable bonds is 4. The third kappa shape index (κ3) is 4.37. The molecule has 3 heteroatoms. The van der Waals surface area contributed by atoms with E-state index in [1.54, 1.807) is 0 Å². The van der Waals surface area contributed by atoms with Crippen molar-refractivity contribution in [2.75, 3.05) is 12.4 Å². The Bertz CT molecular complexity index is 268. The van der Waals surface area contributed by atoms with Crippen LogP contribution in [0, 0.1) is 5.92 Å². The van der Waals surface area contributed by atoms with Crippen molar-refractivity contribution in [3.63, 3.8) is 0 Å². The van der Waals surface area contributed by atoms with Crippen LogP contribution in [0.3, 0.4) is 0 Å². The van der Waals surface area contributed by atoms with Gasteiger partial charge in [0.25, 0.3) is 0 Å². The number of amides is 1. The zero-order chi connectivity index (χ0) is 13.5. The average Bonchev–Trinajstić information content (AvgIpc) is 2.88. The van der Waals surface area contributed by atoms with Gasteiger partial charge in [-0.25, -0.2) is 0 Å². The lowest BCUT2D eigenvalue weighted by atomic mass is 9.89. The van der Waals surface area contributed by atoms with Crippen LogP contribution in [0.15, 0.2) is 0 Å². The molecule has 0 N–H and O–H groups in total. The van der Waals surface area contributed by atoms with Gasteiger partial charge in [-0.1, -0.05) is 44.9 Å². The van der Waals surface area contributed by atoms with Gasteiger partial charge < -0.3 is 4.90 Å². The van der Waals surface area contributed by atoms with E-state index in [2.05, 4.69) is 4.90 Å². The highest BCUT2D eigenvalue weighted by molar-refractivity contribution is 6.18. The largest absolute Gasteiger partial charge is 0.338 e. The Morgan fingerprint density at radius 3 is 2.00 bits per heavy atom. The molecule has 0 bridgehead atoms. The number of hydrogen-bond donors (Lipinski definition) is 0. The summed E-state index contributed by atoms with van der Waals surface area (Å²) in [7, 11) is 0. The van der Waals surface area contributed by atoms with Crippen molar-refractivity contribution in [3.05, 3.63) is 0 Å². The fraction of sp³-hybridized carbons (Fsp3) is 0.938. The molecule has 2 saturated carbocycles. The number of carbonyl (C=O) groups is 1. The number of hydrogen-bond acceptors (Lipinski definition) is 1. The first-order valence-electron chi connectivity index (χ1n) is 8.19. The fourth-order valence-corrected chi connectivity index (χ4v) is 3.90. The van der Waals surface area contributed by atoms with Crippen molar-refractivity contribution in [1.82, 2.24) is 4.90 Å². The van der Waals surface area contributed by atoms with E-state index >= 15 is 0 Å². The second-order valence-corrected chi connectivity index (χ2v) is 6.58. The quantitative estimate of drug-likeness (QED) is 0.703. The van der Waals surface area contributed by atoms with Crippen LogP contribution in [0.25, 0.3) is 0 Å². The Morgan fingerprint density at radius 1 is 0.895 bits per heavy atom. The van der Waals surface area contributed by atoms with Gasteiger partial charge in [0.1, 0.15) is 0 Å². The minimum Gasteiger partial charge on any atom is -0.338 e. The van der Waals surface area contributed by atoms with Crippen molar-refractivity contribution < 1.29 is 4.79 Å². The number of halogens is 1. The van der Waals surface area contributed by atoms with Gasteiger partial charge in [-0.3, -0.25) is 4.79 Å². The summed E-state index contributed by atoms with van der Waals surface area (Å²) in [5, 5.41) is 0. The van der Waals surface area contributed by atoms with Crippen molar-refractivity contribution in [1.29, 1.82) is 0 Å². The second kappa shape index (κ2) is 8.14. The molecule has 2 nitrogen and oxygen atoms in total. The summed E-state index contributed by atoms with van der Waals surface area (Å²) in [6.07, 6.45) is 13.6. The van der Waals surface area contributed by atoms with Crippen LogP contribution in [-0.4, -0.2) is 29.3 Å². The van der Waals surface area contributed by atoms with Crippen LogP contribution in [-0.2, 0) is 4.79 Å². The van der Waals surface area contributed by atoms with E-state index in [-0.39, 0.29) is 5.92 Å². The lowest BCUT2D eigenvalue weighted by molar-refractivity contribution is -0.138. The highest BCUT2D eigenvalue weighted by atomic mass is 35.5. The maximum absolute atomic E-state index is 12.8. The maximum atomic E-state index is 12.8. The SMILES string of the molecule is O=C(C1CCCCCCC1)N(CCCl)C1CCCC1. The van der Waals surface area contributed by atoms with E-state index < -0.39 is 0 Å². The molecule has 2 fully saturated rings. The van der Waals surface area contributed by atoms with Crippen molar-refractivity contribution in [2.24, 2.45) is 5.92 Å². The normalized spacial score (nSPS) is 23.0. The Kier molecular flexibility index (Phi) is 6.49. The second-order valence-electron chi connectivity index (χ2n) is 6.20. The summed E-state index contributed by atoms with van der Waals surface area (Å²) in [4.78, 5) is 14.9. The molecule has 0 radical (unpaired) electrons. The molecule has 2 aliphatic carbocycles. The highest BCUT2D eigenvalue weighted by Crippen LogP contribution is 2.29. The van der Waals surface area contributed by atoms with E-state index in [9.17, 15) is 4.79 Å². The van der Waals surface area contributed by atoms with Crippen LogP contribution >= 0.6 is 11.6 Å². The summed E-state index contributed by atoms with van der Waals surface area (Å²) in [5.41, 5.74) is 0. The molecule has 0 spiro atoms. The lowest BCUT2D eigenvalue weighted by Gasteiger charge is -2.32. The first-order chi connectivity index (χ1) is 9.33. The summed E-state index contributed by atoms with van der Waals surface area (Å²) in [5.74, 6) is 1.27. The van der Waals surface area contributed by atoms with Gasteiger partial charge in [0.05, 0.1) is 0 Å². The van der Waals surface area contributed by atoms with Crippen LogP contribution in [0.4, 0.5) is 0 Å². The zero-order valence-electron chi connectivity index (χ0n) is 12.1. The molecule has 2 rings (SSSR count). The van der Waals surface area contributed by atoms with Crippen LogP contribution in [0.5, 0.6) is 0 Å². The van der Waals surface area contributed by atoms with Gasteiger partial charge in [-0.05, 0) is 25.7 Å². The van der Waals surface area contributed by atoms with Crippen molar-refractivity contribution >= 4 is 17.5 Å². The van der Waals surface area contributed by atoms with Crippen molar-refractivity contribution in [2.45, 2.75) is 76.7 Å². The molecular formula is C16H28ClNO. The van der Waals surface area contributed by atoms with Crippen LogP contribution in [0.1, 0.15) is 70.6 Å². The van der Waals surface area contributed by atoms with E-state index in [4.69, 9.17) is 11.6 Å². The molecule has 0 aromatic rings. The first kappa shape index (κ1) is 15.2. The predicted molar refractivity (Wildman–Crippen MR) is 80.5 cm³/mol. The predicted octanol–water partition coefficient (Wildman–Crippen LogP) is 4.36. The minimum atomic E-state index is 0.282. The van der Waals surface area contributed by atoms with Gasteiger partial charge in [0.15, 0.2) is 0 Å². The molecule has 0 aliphatic heterocycles. The van der Waals surface area contributed by atoms with Gasteiger partial charge in [0.2, 0.25) is 5.91 Å². The molecule has 19 heavy (non-hydrogen) atoms. The van der Waals surface area contributed by atoms with Gasteiger partial charge in [-0.15, -0.1) is 11.6 Å². The van der Waals surface area contributed by atoms with Crippen LogP contribution < -0.4 is 0 Å². The molecule has 0 aromatic carbocycles. The molecular weight excluding hydrogens is 258 g/mol. The van der Waals surface area contributed by atoms with E-state index in [1.165, 1.54) is 57.8 Å². The number of alkyl halides is 1. The molecule has 110 valence electrons. The van der Waals surface area contributed by atoms with E-state index in [1.807, 2.05) is 0 Å². The molecule has 0 heterocycles. The maximum Gasteiger partial charge on any atom is 0.225 e. The van der Waals surface area contributed by atoms with Crippen molar-refractivity contribution in [3.8, 4) is 0 Å². The standard InChI is InChI=1S/C16H28ClNO/c17-12-13-18(15-10-6-7-11-15)16(19)14-8-4-2-1-3-5-9-14/h14-15H,1-13H2. The average molecular weight is 286 g/mol. The molecule has 0 aromatic heterocycles. The fourth-order valence-electron chi connectivity index (χ4n) is 3.72. The summed E-state index contributed by atoms with van der Waals surface area (Å²) in [6, 6.07) is 0.483. The van der Waals surface area contributed by atoms with Gasteiger partial charge in [0, 0.05) is 24.4 Å². The topological polar surface area (TPSA) is 20.3 Å².